The van der Waals surface area contributed by atoms with Gasteiger partial charge in [-0.15, -0.1) is 0 Å². The van der Waals surface area contributed by atoms with Crippen molar-refractivity contribution < 1.29 is 19.6 Å². The first-order valence-corrected chi connectivity index (χ1v) is 8.40. The molecule has 3 aromatic rings. The van der Waals surface area contributed by atoms with Crippen LogP contribution in [0.15, 0.2) is 65.8 Å². The van der Waals surface area contributed by atoms with Gasteiger partial charge in [0.2, 0.25) is 0 Å². The van der Waals surface area contributed by atoms with Crippen LogP contribution < -0.4 is 10.2 Å². The summed E-state index contributed by atoms with van der Waals surface area (Å²) in [6, 6.07) is 16.8. The summed E-state index contributed by atoms with van der Waals surface area (Å²) in [6.45, 7) is 1.57. The highest BCUT2D eigenvalue weighted by atomic mass is 16.6. The summed E-state index contributed by atoms with van der Waals surface area (Å²) in [5, 5.41) is 26.3. The summed E-state index contributed by atoms with van der Waals surface area (Å²) in [5.41, 5.74) is 2.20. The zero-order valence-electron chi connectivity index (χ0n) is 14.9. The third-order valence-corrected chi connectivity index (χ3v) is 4.00. The lowest BCUT2D eigenvalue weighted by Gasteiger charge is -2.13. The summed E-state index contributed by atoms with van der Waals surface area (Å²) in [5.74, 6) is -0.153. The van der Waals surface area contributed by atoms with E-state index in [1.807, 2.05) is 36.4 Å². The number of fused-ring (bicyclic) bond motifs is 1. The van der Waals surface area contributed by atoms with Gasteiger partial charge >= 0.3 is 0 Å². The molecule has 0 spiro atoms. The van der Waals surface area contributed by atoms with Crippen molar-refractivity contribution in [2.45, 2.75) is 13.0 Å². The Kier molecular flexibility index (Phi) is 5.50. The van der Waals surface area contributed by atoms with Crippen LogP contribution in [0, 0.1) is 10.1 Å². The molecule has 0 aromatic heterocycles. The van der Waals surface area contributed by atoms with Crippen LogP contribution in [0.4, 0.5) is 5.69 Å². The van der Waals surface area contributed by atoms with Crippen LogP contribution in [0.3, 0.4) is 0 Å². The van der Waals surface area contributed by atoms with E-state index in [9.17, 15) is 20.0 Å². The molecule has 0 radical (unpaired) electrons. The number of nitro groups is 1. The zero-order valence-corrected chi connectivity index (χ0v) is 14.9. The molecular weight excluding hydrogens is 362 g/mol. The minimum absolute atomic E-state index is 0.109. The number of phenolic OH excluding ortho intramolecular Hbond substituents is 1. The van der Waals surface area contributed by atoms with Crippen LogP contribution in [0.25, 0.3) is 10.8 Å². The average molecular weight is 379 g/mol. The maximum atomic E-state index is 12.1. The molecule has 3 aromatic carbocycles. The van der Waals surface area contributed by atoms with E-state index >= 15 is 0 Å². The normalized spacial score (nSPS) is 12.0. The molecule has 2 N–H and O–H groups in total. The largest absolute Gasteiger partial charge is 0.507 e. The van der Waals surface area contributed by atoms with Crippen molar-refractivity contribution in [2.24, 2.45) is 5.10 Å². The Bertz CT molecular complexity index is 1060. The van der Waals surface area contributed by atoms with Crippen molar-refractivity contribution >= 4 is 28.6 Å². The Balaban J connectivity index is 1.63. The second-order valence-electron chi connectivity index (χ2n) is 6.00. The molecule has 28 heavy (non-hydrogen) atoms. The third kappa shape index (κ3) is 4.42. The van der Waals surface area contributed by atoms with Crippen LogP contribution in [-0.4, -0.2) is 28.3 Å². The molecule has 1 unspecified atom stereocenters. The minimum atomic E-state index is -0.822. The van der Waals surface area contributed by atoms with Crippen LogP contribution in [0.2, 0.25) is 0 Å². The zero-order chi connectivity index (χ0) is 20.1. The molecule has 1 atom stereocenters. The van der Waals surface area contributed by atoms with Crippen molar-refractivity contribution in [1.82, 2.24) is 5.43 Å². The smallest absolute Gasteiger partial charge is 0.280 e. The molecule has 8 heteroatoms. The summed E-state index contributed by atoms with van der Waals surface area (Å²) in [7, 11) is 0. The second kappa shape index (κ2) is 8.17. The first-order chi connectivity index (χ1) is 13.4. The van der Waals surface area contributed by atoms with Crippen LogP contribution in [0.1, 0.15) is 12.5 Å². The standard InChI is InChI=1S/C20H17N3O5/c1-13(28-18-8-6-14-4-2-3-5-15(14)11-18)20(25)22-21-12-16-10-17(23(26)27)7-9-19(16)24/h2-13,24H,1H3,(H,22,25)/b21-12+. The maximum Gasteiger partial charge on any atom is 0.280 e. The van der Waals surface area contributed by atoms with E-state index < -0.39 is 16.9 Å². The van der Waals surface area contributed by atoms with Gasteiger partial charge in [-0.25, -0.2) is 5.43 Å². The van der Waals surface area contributed by atoms with Gasteiger partial charge in [-0.3, -0.25) is 14.9 Å². The van der Waals surface area contributed by atoms with E-state index in [0.29, 0.717) is 5.75 Å². The molecule has 0 aliphatic carbocycles. The number of nitro benzene ring substituents is 1. The van der Waals surface area contributed by atoms with Gasteiger partial charge in [-0.1, -0.05) is 30.3 Å². The molecular formula is C20H17N3O5. The van der Waals surface area contributed by atoms with Crippen molar-refractivity contribution in [1.29, 1.82) is 0 Å². The van der Waals surface area contributed by atoms with Gasteiger partial charge in [0, 0.05) is 17.7 Å². The molecule has 1 amide bonds. The lowest BCUT2D eigenvalue weighted by Crippen LogP contribution is -2.33. The lowest BCUT2D eigenvalue weighted by atomic mass is 10.1. The predicted octanol–water partition coefficient (Wildman–Crippen LogP) is 3.37. The van der Waals surface area contributed by atoms with Gasteiger partial charge in [0.15, 0.2) is 6.10 Å². The topological polar surface area (TPSA) is 114 Å². The molecule has 0 bridgehead atoms. The number of ether oxygens (including phenoxy) is 1. The number of benzene rings is 3. The number of phenols is 1. The number of amides is 1. The molecule has 0 aliphatic rings. The van der Waals surface area contributed by atoms with Crippen molar-refractivity contribution in [3.8, 4) is 11.5 Å². The van der Waals surface area contributed by atoms with Gasteiger partial charge in [-0.2, -0.15) is 5.10 Å². The van der Waals surface area contributed by atoms with Gasteiger partial charge < -0.3 is 9.84 Å². The SMILES string of the molecule is CC(Oc1ccc2ccccc2c1)C(=O)N/N=C/c1cc([N+](=O)[O-])ccc1O. The second-order valence-corrected chi connectivity index (χ2v) is 6.00. The highest BCUT2D eigenvalue weighted by Crippen LogP contribution is 2.22. The van der Waals surface area contributed by atoms with Crippen LogP contribution >= 0.6 is 0 Å². The Morgan fingerprint density at radius 1 is 1.18 bits per heavy atom. The summed E-state index contributed by atoms with van der Waals surface area (Å²) in [4.78, 5) is 22.3. The number of non-ortho nitro benzene ring substituents is 1. The van der Waals surface area contributed by atoms with E-state index in [0.717, 1.165) is 23.1 Å². The Morgan fingerprint density at radius 3 is 2.68 bits per heavy atom. The molecule has 142 valence electrons. The minimum Gasteiger partial charge on any atom is -0.507 e. The van der Waals surface area contributed by atoms with Crippen molar-refractivity contribution in [2.75, 3.05) is 0 Å². The van der Waals surface area contributed by atoms with Crippen LogP contribution in [0.5, 0.6) is 11.5 Å². The van der Waals surface area contributed by atoms with E-state index in [1.165, 1.54) is 12.1 Å². The number of nitrogens with one attached hydrogen (secondary N) is 1. The van der Waals surface area contributed by atoms with Gasteiger partial charge in [0.1, 0.15) is 11.5 Å². The number of nitrogens with zero attached hydrogens (tertiary/aromatic N) is 2. The first kappa shape index (κ1) is 18.8. The Morgan fingerprint density at radius 2 is 1.93 bits per heavy atom. The molecule has 0 aliphatic heterocycles. The van der Waals surface area contributed by atoms with Crippen molar-refractivity contribution in [3.63, 3.8) is 0 Å². The van der Waals surface area contributed by atoms with Gasteiger partial charge in [0.05, 0.1) is 11.1 Å². The first-order valence-electron chi connectivity index (χ1n) is 8.40. The number of hydrogen-bond donors (Lipinski definition) is 2. The molecule has 0 fully saturated rings. The van der Waals surface area contributed by atoms with Gasteiger partial charge in [0.25, 0.3) is 11.6 Å². The van der Waals surface area contributed by atoms with Crippen molar-refractivity contribution in [3.05, 3.63) is 76.3 Å². The molecule has 0 saturated carbocycles. The predicted molar refractivity (Wildman–Crippen MR) is 105 cm³/mol. The number of carbonyl (C=O) groups is 1. The lowest BCUT2D eigenvalue weighted by molar-refractivity contribution is -0.384. The fourth-order valence-corrected chi connectivity index (χ4v) is 2.51. The number of aromatic hydroxyl groups is 1. The summed E-state index contributed by atoms with van der Waals surface area (Å²) < 4.78 is 5.64. The number of rotatable bonds is 6. The Hall–Kier alpha value is -3.94. The molecule has 8 nitrogen and oxygen atoms in total. The van der Waals surface area contributed by atoms with E-state index in [2.05, 4.69) is 10.5 Å². The fourth-order valence-electron chi connectivity index (χ4n) is 2.51. The monoisotopic (exact) mass is 379 g/mol. The highest BCUT2D eigenvalue weighted by molar-refractivity contribution is 5.87. The van der Waals surface area contributed by atoms with Crippen LogP contribution in [-0.2, 0) is 4.79 Å². The summed E-state index contributed by atoms with van der Waals surface area (Å²) >= 11 is 0. The van der Waals surface area contributed by atoms with E-state index in [-0.39, 0.29) is 17.0 Å². The Labute approximate surface area is 160 Å². The number of carbonyl (C=O) groups excluding carboxylic acids is 1. The highest BCUT2D eigenvalue weighted by Gasteiger charge is 2.14. The summed E-state index contributed by atoms with van der Waals surface area (Å²) in [6.07, 6.45) is 0.306. The molecule has 0 saturated heterocycles. The number of hydrazone groups is 1. The molecule has 3 rings (SSSR count). The van der Waals surface area contributed by atoms with Gasteiger partial charge in [-0.05, 0) is 35.9 Å². The average Bonchev–Trinajstić information content (AvgIpc) is 2.69. The fraction of sp³-hybridized carbons (Fsp3) is 0.100. The maximum absolute atomic E-state index is 12.1. The quantitative estimate of drug-likeness (QED) is 0.387. The van der Waals surface area contributed by atoms with E-state index in [4.69, 9.17) is 4.74 Å². The number of hydrogen-bond acceptors (Lipinski definition) is 6. The third-order valence-electron chi connectivity index (χ3n) is 4.00. The van der Waals surface area contributed by atoms with E-state index in [1.54, 1.807) is 13.0 Å². The molecule has 0 heterocycles.